The molecule has 0 spiro atoms. The van der Waals surface area contributed by atoms with Crippen LogP contribution in [0.5, 0.6) is 11.6 Å². The molecular weight excluding hydrogens is 307 g/mol. The van der Waals surface area contributed by atoms with Gasteiger partial charge in [-0.1, -0.05) is 41.4 Å². The lowest BCUT2D eigenvalue weighted by atomic mass is 10.1. The highest BCUT2D eigenvalue weighted by atomic mass is 35.5. The molecular formula is C16H12Cl2N2O. The van der Waals surface area contributed by atoms with Gasteiger partial charge in [0.2, 0.25) is 5.88 Å². The SMILES string of the molecule is NCc1cc2ccccc2c(Oc2ccc(Cl)cc2Cl)n1. The standard InChI is InChI=1S/C16H12Cl2N2O/c17-11-5-6-15(14(18)8-11)21-16-13-4-2-1-3-10(13)7-12(9-19)20-16/h1-8H,9,19H2. The molecule has 3 nitrogen and oxygen atoms in total. The van der Waals surface area contributed by atoms with Crippen molar-refractivity contribution in [3.05, 3.63) is 64.3 Å². The van der Waals surface area contributed by atoms with Gasteiger partial charge in [-0.3, -0.25) is 0 Å². The molecule has 2 aromatic carbocycles. The average Bonchev–Trinajstić information content (AvgIpc) is 2.49. The highest BCUT2D eigenvalue weighted by Gasteiger charge is 2.10. The summed E-state index contributed by atoms with van der Waals surface area (Å²) in [7, 11) is 0. The van der Waals surface area contributed by atoms with Crippen molar-refractivity contribution in [2.45, 2.75) is 6.54 Å². The Hall–Kier alpha value is -1.81. The summed E-state index contributed by atoms with van der Waals surface area (Å²) in [6.07, 6.45) is 0. The summed E-state index contributed by atoms with van der Waals surface area (Å²) >= 11 is 12.0. The Morgan fingerprint density at radius 2 is 1.86 bits per heavy atom. The largest absolute Gasteiger partial charge is 0.437 e. The van der Waals surface area contributed by atoms with E-state index in [9.17, 15) is 0 Å². The first-order valence-electron chi connectivity index (χ1n) is 6.39. The number of hydrogen-bond donors (Lipinski definition) is 1. The number of ether oxygens (including phenoxy) is 1. The van der Waals surface area contributed by atoms with Crippen LogP contribution in [0, 0.1) is 0 Å². The quantitative estimate of drug-likeness (QED) is 0.755. The number of hydrogen-bond acceptors (Lipinski definition) is 3. The molecule has 5 heteroatoms. The van der Waals surface area contributed by atoms with Gasteiger partial charge in [0.25, 0.3) is 0 Å². The molecule has 0 atom stereocenters. The molecule has 0 aliphatic heterocycles. The van der Waals surface area contributed by atoms with Crippen LogP contribution in [0.3, 0.4) is 0 Å². The van der Waals surface area contributed by atoms with Crippen LogP contribution in [0.15, 0.2) is 48.5 Å². The van der Waals surface area contributed by atoms with Crippen molar-refractivity contribution in [2.24, 2.45) is 5.73 Å². The second-order valence-electron chi connectivity index (χ2n) is 4.52. The maximum absolute atomic E-state index is 6.14. The zero-order chi connectivity index (χ0) is 14.8. The lowest BCUT2D eigenvalue weighted by Gasteiger charge is -2.11. The molecule has 0 amide bonds. The maximum atomic E-state index is 6.14. The maximum Gasteiger partial charge on any atom is 0.227 e. The summed E-state index contributed by atoms with van der Waals surface area (Å²) in [6.45, 7) is 0.343. The molecule has 0 unspecified atom stereocenters. The minimum Gasteiger partial charge on any atom is -0.437 e. The van der Waals surface area contributed by atoms with Crippen LogP contribution in [0.1, 0.15) is 5.69 Å². The fourth-order valence-electron chi connectivity index (χ4n) is 2.06. The number of benzene rings is 2. The van der Waals surface area contributed by atoms with E-state index in [1.54, 1.807) is 18.2 Å². The first-order valence-corrected chi connectivity index (χ1v) is 7.14. The minimum absolute atomic E-state index is 0.343. The van der Waals surface area contributed by atoms with Gasteiger partial charge < -0.3 is 10.5 Å². The summed E-state index contributed by atoms with van der Waals surface area (Å²) in [5.41, 5.74) is 6.45. The predicted octanol–water partition coefficient (Wildman–Crippen LogP) is 4.79. The van der Waals surface area contributed by atoms with E-state index in [1.807, 2.05) is 30.3 Å². The van der Waals surface area contributed by atoms with Crippen molar-refractivity contribution in [3.63, 3.8) is 0 Å². The van der Waals surface area contributed by atoms with E-state index in [2.05, 4.69) is 4.98 Å². The monoisotopic (exact) mass is 318 g/mol. The molecule has 0 aliphatic rings. The Morgan fingerprint density at radius 3 is 2.62 bits per heavy atom. The van der Waals surface area contributed by atoms with Gasteiger partial charge in [0, 0.05) is 17.0 Å². The molecule has 0 radical (unpaired) electrons. The normalized spacial score (nSPS) is 10.8. The fraction of sp³-hybridized carbons (Fsp3) is 0.0625. The zero-order valence-electron chi connectivity index (χ0n) is 11.0. The van der Waals surface area contributed by atoms with Gasteiger partial charge in [-0.05, 0) is 35.7 Å². The fourth-order valence-corrected chi connectivity index (χ4v) is 2.51. The Balaban J connectivity index is 2.10. The van der Waals surface area contributed by atoms with Crippen LogP contribution >= 0.6 is 23.2 Å². The summed E-state index contributed by atoms with van der Waals surface area (Å²) < 4.78 is 5.86. The van der Waals surface area contributed by atoms with Crippen molar-refractivity contribution in [1.29, 1.82) is 0 Å². The van der Waals surface area contributed by atoms with Gasteiger partial charge in [0.1, 0.15) is 5.75 Å². The summed E-state index contributed by atoms with van der Waals surface area (Å²) in [6, 6.07) is 14.9. The lowest BCUT2D eigenvalue weighted by molar-refractivity contribution is 0.467. The first-order chi connectivity index (χ1) is 10.2. The Labute approximate surface area is 132 Å². The molecule has 3 rings (SSSR count). The average molecular weight is 319 g/mol. The smallest absolute Gasteiger partial charge is 0.227 e. The van der Waals surface area contributed by atoms with E-state index < -0.39 is 0 Å². The third kappa shape index (κ3) is 2.95. The first kappa shape index (κ1) is 14.1. The minimum atomic E-state index is 0.343. The van der Waals surface area contributed by atoms with Gasteiger partial charge >= 0.3 is 0 Å². The summed E-state index contributed by atoms with van der Waals surface area (Å²) in [5, 5.41) is 2.92. The number of nitrogens with zero attached hydrogens (tertiary/aromatic N) is 1. The molecule has 0 saturated carbocycles. The predicted molar refractivity (Wildman–Crippen MR) is 86.2 cm³/mol. The third-order valence-corrected chi connectivity index (χ3v) is 3.60. The van der Waals surface area contributed by atoms with E-state index >= 15 is 0 Å². The van der Waals surface area contributed by atoms with Crippen molar-refractivity contribution in [3.8, 4) is 11.6 Å². The molecule has 0 bridgehead atoms. The molecule has 3 aromatic rings. The van der Waals surface area contributed by atoms with Crippen LogP contribution in [-0.2, 0) is 6.54 Å². The third-order valence-electron chi connectivity index (χ3n) is 3.07. The molecule has 0 fully saturated rings. The summed E-state index contributed by atoms with van der Waals surface area (Å²) in [5.74, 6) is 0.991. The van der Waals surface area contributed by atoms with E-state index in [1.165, 1.54) is 0 Å². The highest BCUT2D eigenvalue weighted by Crippen LogP contribution is 2.34. The Kier molecular flexibility index (Phi) is 3.97. The van der Waals surface area contributed by atoms with Crippen LogP contribution in [0.2, 0.25) is 10.0 Å². The van der Waals surface area contributed by atoms with Crippen LogP contribution in [-0.4, -0.2) is 4.98 Å². The Bertz CT molecular complexity index is 805. The van der Waals surface area contributed by atoms with Crippen molar-refractivity contribution in [1.82, 2.24) is 4.98 Å². The number of fused-ring (bicyclic) bond motifs is 1. The number of pyridine rings is 1. The van der Waals surface area contributed by atoms with E-state index in [-0.39, 0.29) is 0 Å². The van der Waals surface area contributed by atoms with Gasteiger partial charge in [-0.2, -0.15) is 0 Å². The highest BCUT2D eigenvalue weighted by molar-refractivity contribution is 6.35. The van der Waals surface area contributed by atoms with E-state index in [4.69, 9.17) is 33.7 Å². The van der Waals surface area contributed by atoms with Crippen LogP contribution in [0.4, 0.5) is 0 Å². The van der Waals surface area contributed by atoms with Gasteiger partial charge in [0.05, 0.1) is 10.7 Å². The van der Waals surface area contributed by atoms with Crippen LogP contribution in [0.25, 0.3) is 10.8 Å². The van der Waals surface area contributed by atoms with Crippen molar-refractivity contribution in [2.75, 3.05) is 0 Å². The molecule has 0 aliphatic carbocycles. The lowest BCUT2D eigenvalue weighted by Crippen LogP contribution is -2.01. The van der Waals surface area contributed by atoms with E-state index in [0.29, 0.717) is 28.2 Å². The molecule has 1 aromatic heterocycles. The molecule has 21 heavy (non-hydrogen) atoms. The topological polar surface area (TPSA) is 48.1 Å². The number of nitrogens with two attached hydrogens (primary N) is 1. The van der Waals surface area contributed by atoms with Gasteiger partial charge in [0.15, 0.2) is 0 Å². The van der Waals surface area contributed by atoms with Crippen molar-refractivity contribution < 1.29 is 4.74 Å². The molecule has 1 heterocycles. The van der Waals surface area contributed by atoms with E-state index in [0.717, 1.165) is 16.5 Å². The molecule has 0 saturated heterocycles. The van der Waals surface area contributed by atoms with Gasteiger partial charge in [-0.25, -0.2) is 4.98 Å². The second-order valence-corrected chi connectivity index (χ2v) is 5.36. The van der Waals surface area contributed by atoms with Crippen LogP contribution < -0.4 is 10.5 Å². The van der Waals surface area contributed by atoms with Crippen molar-refractivity contribution >= 4 is 34.0 Å². The summed E-state index contributed by atoms with van der Waals surface area (Å²) in [4.78, 5) is 4.44. The number of rotatable bonds is 3. The van der Waals surface area contributed by atoms with Gasteiger partial charge in [-0.15, -0.1) is 0 Å². The molecule has 2 N–H and O–H groups in total. The Morgan fingerprint density at radius 1 is 1.05 bits per heavy atom. The number of aromatic nitrogens is 1. The zero-order valence-corrected chi connectivity index (χ0v) is 12.5. The number of halogens is 2. The second kappa shape index (κ2) is 5.90. The molecule has 106 valence electrons.